The molecule has 3 atom stereocenters. The van der Waals surface area contributed by atoms with Crippen molar-refractivity contribution < 1.29 is 9.26 Å². The van der Waals surface area contributed by atoms with E-state index in [1.54, 1.807) is 7.11 Å². The number of hydrogen-bond acceptors (Lipinski definition) is 5. The first-order valence-electron chi connectivity index (χ1n) is 7.05. The molecule has 0 saturated heterocycles. The minimum Gasteiger partial charge on any atom is -0.373 e. The molecule has 0 radical (unpaired) electrons. The van der Waals surface area contributed by atoms with Crippen molar-refractivity contribution >= 4 is 0 Å². The molecule has 5 heteroatoms. The van der Waals surface area contributed by atoms with Crippen molar-refractivity contribution in [2.75, 3.05) is 7.11 Å². The Kier molecular flexibility index (Phi) is 4.26. The van der Waals surface area contributed by atoms with E-state index < -0.39 is 0 Å². The SMILES string of the molecule is COC(c1noc(C2CCCCC2N)n1)C(C)(C)C. The Morgan fingerprint density at radius 1 is 1.32 bits per heavy atom. The largest absolute Gasteiger partial charge is 0.373 e. The van der Waals surface area contributed by atoms with E-state index in [1.807, 2.05) is 0 Å². The van der Waals surface area contributed by atoms with E-state index in [0.717, 1.165) is 12.8 Å². The van der Waals surface area contributed by atoms with Gasteiger partial charge in [-0.25, -0.2) is 0 Å². The Morgan fingerprint density at radius 3 is 2.58 bits per heavy atom. The molecule has 108 valence electrons. The second kappa shape index (κ2) is 5.59. The van der Waals surface area contributed by atoms with Gasteiger partial charge in [-0.1, -0.05) is 38.8 Å². The number of rotatable bonds is 3. The summed E-state index contributed by atoms with van der Waals surface area (Å²) in [7, 11) is 1.68. The number of aromatic nitrogens is 2. The molecule has 0 amide bonds. The molecule has 0 spiro atoms. The smallest absolute Gasteiger partial charge is 0.231 e. The molecular weight excluding hydrogens is 242 g/mol. The van der Waals surface area contributed by atoms with Crippen LogP contribution in [0.2, 0.25) is 0 Å². The van der Waals surface area contributed by atoms with Gasteiger partial charge in [-0.05, 0) is 18.3 Å². The number of hydrogen-bond donors (Lipinski definition) is 1. The molecule has 19 heavy (non-hydrogen) atoms. The third kappa shape index (κ3) is 3.15. The first kappa shape index (κ1) is 14.5. The fourth-order valence-electron chi connectivity index (χ4n) is 2.82. The highest BCUT2D eigenvalue weighted by Crippen LogP contribution is 2.36. The third-order valence-corrected chi connectivity index (χ3v) is 3.85. The van der Waals surface area contributed by atoms with Crippen LogP contribution in [0.5, 0.6) is 0 Å². The maximum atomic E-state index is 6.16. The van der Waals surface area contributed by atoms with Crippen LogP contribution in [0, 0.1) is 5.41 Å². The molecule has 3 unspecified atom stereocenters. The lowest BCUT2D eigenvalue weighted by atomic mass is 9.85. The third-order valence-electron chi connectivity index (χ3n) is 3.85. The second-order valence-corrected chi connectivity index (χ2v) is 6.53. The predicted octanol–water partition coefficient (Wildman–Crippen LogP) is 2.79. The van der Waals surface area contributed by atoms with Gasteiger partial charge in [0.1, 0.15) is 6.10 Å². The van der Waals surface area contributed by atoms with Crippen LogP contribution in [0.3, 0.4) is 0 Å². The molecule has 1 fully saturated rings. The van der Waals surface area contributed by atoms with Crippen LogP contribution < -0.4 is 5.73 Å². The zero-order chi connectivity index (χ0) is 14.0. The maximum absolute atomic E-state index is 6.16. The topological polar surface area (TPSA) is 74.2 Å². The summed E-state index contributed by atoms with van der Waals surface area (Å²) in [5, 5.41) is 4.10. The van der Waals surface area contributed by atoms with Gasteiger partial charge in [-0.2, -0.15) is 4.98 Å². The van der Waals surface area contributed by atoms with Crippen molar-refractivity contribution in [3.63, 3.8) is 0 Å². The Labute approximate surface area is 114 Å². The van der Waals surface area contributed by atoms with Crippen LogP contribution in [0.25, 0.3) is 0 Å². The van der Waals surface area contributed by atoms with Crippen LogP contribution in [0.1, 0.15) is 70.2 Å². The van der Waals surface area contributed by atoms with E-state index in [0.29, 0.717) is 11.7 Å². The van der Waals surface area contributed by atoms with Crippen LogP contribution in [-0.2, 0) is 4.74 Å². The molecule has 0 bridgehead atoms. The van der Waals surface area contributed by atoms with Crippen LogP contribution in [-0.4, -0.2) is 23.3 Å². The van der Waals surface area contributed by atoms with Crippen LogP contribution in [0.4, 0.5) is 0 Å². The van der Waals surface area contributed by atoms with Crippen molar-refractivity contribution in [2.45, 2.75) is 64.5 Å². The van der Waals surface area contributed by atoms with Gasteiger partial charge in [-0.3, -0.25) is 0 Å². The number of ether oxygens (including phenoxy) is 1. The van der Waals surface area contributed by atoms with Gasteiger partial charge in [-0.15, -0.1) is 0 Å². The van der Waals surface area contributed by atoms with Gasteiger partial charge in [0.2, 0.25) is 11.7 Å². The van der Waals surface area contributed by atoms with Crippen molar-refractivity contribution in [1.82, 2.24) is 10.1 Å². The molecule has 1 aliphatic carbocycles. The average molecular weight is 267 g/mol. The molecule has 1 heterocycles. The van der Waals surface area contributed by atoms with Gasteiger partial charge in [0.05, 0.1) is 5.92 Å². The Balaban J connectivity index is 2.18. The Morgan fingerprint density at radius 2 is 2.00 bits per heavy atom. The van der Waals surface area contributed by atoms with Gasteiger partial charge >= 0.3 is 0 Å². The normalized spacial score (nSPS) is 26.4. The maximum Gasteiger partial charge on any atom is 0.231 e. The number of nitrogens with two attached hydrogens (primary N) is 1. The molecule has 0 aliphatic heterocycles. The highest BCUT2D eigenvalue weighted by atomic mass is 16.5. The zero-order valence-corrected chi connectivity index (χ0v) is 12.3. The van der Waals surface area contributed by atoms with E-state index in [9.17, 15) is 0 Å². The van der Waals surface area contributed by atoms with Crippen LogP contribution in [0.15, 0.2) is 4.52 Å². The van der Waals surface area contributed by atoms with Gasteiger partial charge in [0, 0.05) is 13.2 Å². The highest BCUT2D eigenvalue weighted by molar-refractivity contribution is 5.03. The molecule has 2 rings (SSSR count). The number of nitrogens with zero attached hydrogens (tertiary/aromatic N) is 2. The molecular formula is C14H25N3O2. The predicted molar refractivity (Wildman–Crippen MR) is 72.7 cm³/mol. The molecule has 1 aromatic heterocycles. The van der Waals surface area contributed by atoms with E-state index >= 15 is 0 Å². The summed E-state index contributed by atoms with van der Waals surface area (Å²) in [6.45, 7) is 6.30. The van der Waals surface area contributed by atoms with Gasteiger partial charge < -0.3 is 15.0 Å². The van der Waals surface area contributed by atoms with Crippen molar-refractivity contribution in [2.24, 2.45) is 11.1 Å². The molecule has 2 N–H and O–H groups in total. The first-order chi connectivity index (χ1) is 8.93. The first-order valence-corrected chi connectivity index (χ1v) is 7.05. The lowest BCUT2D eigenvalue weighted by molar-refractivity contribution is 0.00718. The number of methoxy groups -OCH3 is 1. The summed E-state index contributed by atoms with van der Waals surface area (Å²) in [4.78, 5) is 4.54. The zero-order valence-electron chi connectivity index (χ0n) is 12.3. The van der Waals surface area contributed by atoms with Gasteiger partial charge in [0.15, 0.2) is 0 Å². The highest BCUT2D eigenvalue weighted by Gasteiger charge is 2.33. The molecule has 1 saturated carbocycles. The minimum atomic E-state index is -0.162. The molecule has 1 aromatic rings. The summed E-state index contributed by atoms with van der Waals surface area (Å²) < 4.78 is 10.9. The fraction of sp³-hybridized carbons (Fsp3) is 0.857. The van der Waals surface area contributed by atoms with E-state index in [4.69, 9.17) is 15.0 Å². The molecule has 0 aromatic carbocycles. The molecule has 1 aliphatic rings. The Bertz CT molecular complexity index is 411. The summed E-state index contributed by atoms with van der Waals surface area (Å²) in [5.74, 6) is 1.50. The lowest BCUT2D eigenvalue weighted by Gasteiger charge is -2.26. The van der Waals surface area contributed by atoms with E-state index in [-0.39, 0.29) is 23.5 Å². The van der Waals surface area contributed by atoms with E-state index in [1.165, 1.54) is 12.8 Å². The summed E-state index contributed by atoms with van der Waals surface area (Å²) in [6.07, 6.45) is 4.29. The van der Waals surface area contributed by atoms with Crippen molar-refractivity contribution in [1.29, 1.82) is 0 Å². The summed E-state index contributed by atoms with van der Waals surface area (Å²) in [5.41, 5.74) is 6.09. The van der Waals surface area contributed by atoms with Crippen molar-refractivity contribution in [3.05, 3.63) is 11.7 Å². The van der Waals surface area contributed by atoms with Gasteiger partial charge in [0.25, 0.3) is 0 Å². The standard InChI is InChI=1S/C14H25N3O2/c1-14(2,3)11(18-4)12-16-13(19-17-12)9-7-5-6-8-10(9)15/h9-11H,5-8,15H2,1-4H3. The quantitative estimate of drug-likeness (QED) is 0.911. The summed E-state index contributed by atoms with van der Waals surface area (Å²) in [6, 6.07) is 0.137. The Hall–Kier alpha value is -0.940. The van der Waals surface area contributed by atoms with E-state index in [2.05, 4.69) is 30.9 Å². The monoisotopic (exact) mass is 267 g/mol. The van der Waals surface area contributed by atoms with Crippen LogP contribution >= 0.6 is 0 Å². The fourth-order valence-corrected chi connectivity index (χ4v) is 2.82. The molecule has 5 nitrogen and oxygen atoms in total. The minimum absolute atomic E-state index is 0.0649. The summed E-state index contributed by atoms with van der Waals surface area (Å²) >= 11 is 0. The second-order valence-electron chi connectivity index (χ2n) is 6.53. The lowest BCUT2D eigenvalue weighted by Crippen LogP contribution is -2.31. The van der Waals surface area contributed by atoms with Crippen molar-refractivity contribution in [3.8, 4) is 0 Å². The average Bonchev–Trinajstić information content (AvgIpc) is 2.78.